The van der Waals surface area contributed by atoms with E-state index in [0.717, 1.165) is 22.3 Å². The zero-order valence-electron chi connectivity index (χ0n) is 24.6. The van der Waals surface area contributed by atoms with Crippen molar-refractivity contribution in [3.05, 3.63) is 136 Å². The molecular formula is C36H35NO6. The molecule has 0 bridgehead atoms. The highest BCUT2D eigenvalue weighted by atomic mass is 16.5. The van der Waals surface area contributed by atoms with Crippen LogP contribution in [0.3, 0.4) is 0 Å². The minimum absolute atomic E-state index is 0.0343. The Balaban J connectivity index is 1.42. The summed E-state index contributed by atoms with van der Waals surface area (Å²) in [6, 6.07) is 29.6. The molecule has 7 heteroatoms. The Bertz CT molecular complexity index is 1630. The first kappa shape index (κ1) is 29.6. The van der Waals surface area contributed by atoms with Crippen LogP contribution < -0.4 is 9.47 Å². The summed E-state index contributed by atoms with van der Waals surface area (Å²) in [5.74, 6) is -0.328. The number of carbonyl (C=O) groups excluding carboxylic acids is 2. The fraction of sp³-hybridized carbons (Fsp3) is 0.222. The molecule has 1 aliphatic heterocycles. The number of aryl methyl sites for hydroxylation is 2. The molecule has 0 radical (unpaired) electrons. The van der Waals surface area contributed by atoms with Crippen LogP contribution in [0.2, 0.25) is 0 Å². The fourth-order valence-electron chi connectivity index (χ4n) is 5.18. The molecule has 1 saturated heterocycles. The van der Waals surface area contributed by atoms with Crippen molar-refractivity contribution < 1.29 is 28.9 Å². The number of nitrogens with zero attached hydrogens (tertiary/aromatic N) is 1. The van der Waals surface area contributed by atoms with Crippen LogP contribution in [0.1, 0.15) is 39.4 Å². The predicted octanol–water partition coefficient (Wildman–Crippen LogP) is 6.53. The zero-order chi connectivity index (χ0) is 30.3. The van der Waals surface area contributed by atoms with Crippen molar-refractivity contribution in [3.8, 4) is 11.5 Å². The topological polar surface area (TPSA) is 85.3 Å². The minimum Gasteiger partial charge on any atom is -0.507 e. The van der Waals surface area contributed by atoms with Crippen molar-refractivity contribution in [2.24, 2.45) is 0 Å². The van der Waals surface area contributed by atoms with Gasteiger partial charge in [-0.05, 0) is 72.0 Å². The molecule has 0 aromatic heterocycles. The highest BCUT2D eigenvalue weighted by Crippen LogP contribution is 2.40. The number of carbonyl (C=O) groups is 2. The van der Waals surface area contributed by atoms with E-state index in [-0.39, 0.29) is 24.5 Å². The molecular weight excluding hydrogens is 542 g/mol. The summed E-state index contributed by atoms with van der Waals surface area (Å²) < 4.78 is 17.2. The van der Waals surface area contributed by atoms with Gasteiger partial charge in [-0.3, -0.25) is 9.59 Å². The van der Waals surface area contributed by atoms with Gasteiger partial charge in [0.25, 0.3) is 11.7 Å². The highest BCUT2D eigenvalue weighted by Gasteiger charge is 2.45. The van der Waals surface area contributed by atoms with Crippen LogP contribution in [-0.4, -0.2) is 42.0 Å². The lowest BCUT2D eigenvalue weighted by molar-refractivity contribution is -0.140. The van der Waals surface area contributed by atoms with E-state index in [1.165, 1.54) is 12.0 Å². The van der Waals surface area contributed by atoms with Gasteiger partial charge in [0.1, 0.15) is 30.5 Å². The summed E-state index contributed by atoms with van der Waals surface area (Å²) in [5.41, 5.74) is 5.21. The van der Waals surface area contributed by atoms with E-state index in [1.54, 1.807) is 18.2 Å². The number of benzene rings is 4. The Morgan fingerprint density at radius 3 is 2.23 bits per heavy atom. The number of rotatable bonds is 11. The number of ketones is 1. The van der Waals surface area contributed by atoms with Crippen LogP contribution in [-0.2, 0) is 27.5 Å². The molecule has 0 spiro atoms. The second kappa shape index (κ2) is 13.4. The Morgan fingerprint density at radius 1 is 0.814 bits per heavy atom. The number of likely N-dealkylation sites (tertiary alicyclic amines) is 1. The van der Waals surface area contributed by atoms with Crippen molar-refractivity contribution in [1.82, 2.24) is 4.90 Å². The SMILES string of the molecule is COCCN1C(=O)C(=O)/C(=C(/O)c2ccc(OCc3ccccc3)c(C)c2)C1c1ccc(OCc2ccccc2C)cc1. The van der Waals surface area contributed by atoms with Crippen LogP contribution in [0, 0.1) is 13.8 Å². The lowest BCUT2D eigenvalue weighted by atomic mass is 9.94. The quantitative estimate of drug-likeness (QED) is 0.124. The van der Waals surface area contributed by atoms with E-state index in [0.29, 0.717) is 35.8 Å². The molecule has 0 aliphatic carbocycles. The minimum atomic E-state index is -0.783. The lowest BCUT2D eigenvalue weighted by Gasteiger charge is -2.25. The van der Waals surface area contributed by atoms with E-state index < -0.39 is 17.7 Å². The smallest absolute Gasteiger partial charge is 0.295 e. The van der Waals surface area contributed by atoms with Crippen molar-refractivity contribution in [2.75, 3.05) is 20.3 Å². The standard InChI is InChI=1S/C36H35NO6/c1-24-9-7-8-12-29(24)23-42-30-16-13-27(14-17-30)33-32(35(39)36(40)37(33)19-20-41-3)34(38)28-15-18-31(25(2)21-28)43-22-26-10-5-4-6-11-26/h4-18,21,33,38H,19-20,22-23H2,1-3H3/b34-32+. The average Bonchev–Trinajstić information content (AvgIpc) is 3.28. The number of hydrogen-bond donors (Lipinski definition) is 1. The van der Waals surface area contributed by atoms with Crippen molar-refractivity contribution in [2.45, 2.75) is 33.1 Å². The molecule has 5 rings (SSSR count). The van der Waals surface area contributed by atoms with Gasteiger partial charge in [-0.25, -0.2) is 0 Å². The predicted molar refractivity (Wildman–Crippen MR) is 165 cm³/mol. The number of aliphatic hydroxyl groups is 1. The summed E-state index contributed by atoms with van der Waals surface area (Å²) in [7, 11) is 1.54. The van der Waals surface area contributed by atoms with E-state index in [1.807, 2.05) is 92.7 Å². The molecule has 7 nitrogen and oxygen atoms in total. The zero-order valence-corrected chi connectivity index (χ0v) is 24.6. The molecule has 43 heavy (non-hydrogen) atoms. The Kier molecular flexibility index (Phi) is 9.23. The van der Waals surface area contributed by atoms with Crippen LogP contribution >= 0.6 is 0 Å². The summed E-state index contributed by atoms with van der Waals surface area (Å²) in [4.78, 5) is 28.0. The molecule has 220 valence electrons. The van der Waals surface area contributed by atoms with E-state index in [2.05, 4.69) is 0 Å². The van der Waals surface area contributed by atoms with Gasteiger partial charge in [-0.2, -0.15) is 0 Å². The van der Waals surface area contributed by atoms with Gasteiger partial charge in [0.2, 0.25) is 0 Å². The second-order valence-corrected chi connectivity index (χ2v) is 10.5. The Hall–Kier alpha value is -4.88. The Labute approximate surface area is 252 Å². The molecule has 4 aromatic rings. The van der Waals surface area contributed by atoms with Crippen LogP contribution in [0.15, 0.2) is 103 Å². The van der Waals surface area contributed by atoms with Crippen LogP contribution in [0.5, 0.6) is 11.5 Å². The number of methoxy groups -OCH3 is 1. The maximum absolute atomic E-state index is 13.3. The maximum Gasteiger partial charge on any atom is 0.295 e. The number of ether oxygens (including phenoxy) is 3. The maximum atomic E-state index is 13.3. The van der Waals surface area contributed by atoms with Crippen LogP contribution in [0.25, 0.3) is 5.76 Å². The van der Waals surface area contributed by atoms with E-state index in [4.69, 9.17) is 14.2 Å². The first-order chi connectivity index (χ1) is 20.9. The normalized spacial score (nSPS) is 16.0. The number of Topliss-reactive ketones (excluding diaryl/α,β-unsaturated/α-hetero) is 1. The van der Waals surface area contributed by atoms with Gasteiger partial charge in [-0.1, -0.05) is 66.7 Å². The molecule has 1 N–H and O–H groups in total. The van der Waals surface area contributed by atoms with Gasteiger partial charge < -0.3 is 24.2 Å². The molecule has 1 aliphatic rings. The Morgan fingerprint density at radius 2 is 1.53 bits per heavy atom. The first-order valence-corrected chi connectivity index (χ1v) is 14.2. The van der Waals surface area contributed by atoms with E-state index >= 15 is 0 Å². The molecule has 1 amide bonds. The lowest BCUT2D eigenvalue weighted by Crippen LogP contribution is -2.32. The fourth-order valence-corrected chi connectivity index (χ4v) is 5.18. The monoisotopic (exact) mass is 577 g/mol. The van der Waals surface area contributed by atoms with Crippen molar-refractivity contribution >= 4 is 17.4 Å². The molecule has 1 heterocycles. The van der Waals surface area contributed by atoms with Crippen LogP contribution in [0.4, 0.5) is 0 Å². The largest absolute Gasteiger partial charge is 0.507 e. The first-order valence-electron chi connectivity index (χ1n) is 14.2. The average molecular weight is 578 g/mol. The molecule has 1 fully saturated rings. The summed E-state index contributed by atoms with van der Waals surface area (Å²) >= 11 is 0. The van der Waals surface area contributed by atoms with Gasteiger partial charge >= 0.3 is 0 Å². The van der Waals surface area contributed by atoms with Gasteiger partial charge in [0.05, 0.1) is 18.2 Å². The number of hydrogen-bond acceptors (Lipinski definition) is 6. The van der Waals surface area contributed by atoms with Gasteiger partial charge in [0.15, 0.2) is 0 Å². The number of amides is 1. The third kappa shape index (κ3) is 6.63. The van der Waals surface area contributed by atoms with E-state index in [9.17, 15) is 14.7 Å². The summed E-state index contributed by atoms with van der Waals surface area (Å²) in [6.45, 7) is 5.18. The molecule has 1 atom stereocenters. The highest BCUT2D eigenvalue weighted by molar-refractivity contribution is 6.46. The summed E-state index contributed by atoms with van der Waals surface area (Å²) in [5, 5.41) is 11.5. The molecule has 0 saturated carbocycles. The van der Waals surface area contributed by atoms with Crippen molar-refractivity contribution in [1.29, 1.82) is 0 Å². The number of aliphatic hydroxyl groups excluding tert-OH is 1. The van der Waals surface area contributed by atoms with Crippen molar-refractivity contribution in [3.63, 3.8) is 0 Å². The third-order valence-corrected chi connectivity index (χ3v) is 7.61. The third-order valence-electron chi connectivity index (χ3n) is 7.61. The van der Waals surface area contributed by atoms with Gasteiger partial charge in [0, 0.05) is 19.2 Å². The van der Waals surface area contributed by atoms with Gasteiger partial charge in [-0.15, -0.1) is 0 Å². The molecule has 4 aromatic carbocycles. The molecule has 1 unspecified atom stereocenters. The summed E-state index contributed by atoms with van der Waals surface area (Å²) in [6.07, 6.45) is 0. The second-order valence-electron chi connectivity index (χ2n) is 10.5.